The third-order valence-electron chi connectivity index (χ3n) is 2.72. The highest BCUT2D eigenvalue weighted by Crippen LogP contribution is 2.18. The molecular weight excluding hydrogens is 248 g/mol. The van der Waals surface area contributed by atoms with E-state index in [9.17, 15) is 8.78 Å². The summed E-state index contributed by atoms with van der Waals surface area (Å²) in [5.74, 6) is -0.476. The van der Waals surface area contributed by atoms with Crippen LogP contribution in [0, 0.1) is 11.6 Å². The molecule has 0 spiro atoms. The maximum absolute atomic E-state index is 13.6. The van der Waals surface area contributed by atoms with Crippen LogP contribution in [-0.2, 0) is 0 Å². The van der Waals surface area contributed by atoms with E-state index in [1.807, 2.05) is 20.8 Å². The molecule has 1 rings (SSSR count). The minimum absolute atomic E-state index is 0.0775. The minimum Gasteiger partial charge on any atom is -0.356 e. The molecule has 2 N–H and O–H groups in total. The van der Waals surface area contributed by atoms with Crippen molar-refractivity contribution in [1.82, 2.24) is 10.6 Å². The first-order valence-electron chi connectivity index (χ1n) is 6.36. The van der Waals surface area contributed by atoms with Gasteiger partial charge in [0.1, 0.15) is 11.6 Å². The molecule has 0 heterocycles. The summed E-state index contributed by atoms with van der Waals surface area (Å²) in [7, 11) is 1.68. The van der Waals surface area contributed by atoms with Crippen LogP contribution in [0.4, 0.5) is 8.78 Å². The second-order valence-corrected chi connectivity index (χ2v) is 4.82. The van der Waals surface area contributed by atoms with Crippen LogP contribution >= 0.6 is 0 Å². The average molecular weight is 269 g/mol. The Balaban J connectivity index is 2.62. The lowest BCUT2D eigenvalue weighted by Crippen LogP contribution is -2.42. The Morgan fingerprint density at radius 2 is 1.95 bits per heavy atom. The fraction of sp³-hybridized carbons (Fsp3) is 0.500. The normalized spacial score (nSPS) is 13.5. The van der Waals surface area contributed by atoms with Gasteiger partial charge in [-0.15, -0.1) is 0 Å². The molecule has 1 aromatic rings. The van der Waals surface area contributed by atoms with Gasteiger partial charge >= 0.3 is 0 Å². The SMILES string of the molecule is CN=C(NCC(C)c1ccc(F)cc1F)NC(C)C. The largest absolute Gasteiger partial charge is 0.356 e. The lowest BCUT2D eigenvalue weighted by atomic mass is 10.0. The molecule has 0 fully saturated rings. The Kier molecular flexibility index (Phi) is 5.73. The smallest absolute Gasteiger partial charge is 0.191 e. The first kappa shape index (κ1) is 15.4. The summed E-state index contributed by atoms with van der Waals surface area (Å²) in [6.45, 7) is 6.42. The van der Waals surface area contributed by atoms with Gasteiger partial charge in [-0.2, -0.15) is 0 Å². The topological polar surface area (TPSA) is 36.4 Å². The van der Waals surface area contributed by atoms with E-state index in [0.29, 0.717) is 18.1 Å². The molecule has 1 aromatic carbocycles. The summed E-state index contributed by atoms with van der Waals surface area (Å²) in [6, 6.07) is 3.93. The van der Waals surface area contributed by atoms with Gasteiger partial charge in [-0.25, -0.2) is 8.78 Å². The van der Waals surface area contributed by atoms with E-state index < -0.39 is 11.6 Å². The zero-order valence-corrected chi connectivity index (χ0v) is 11.8. The highest BCUT2D eigenvalue weighted by Gasteiger charge is 2.12. The fourth-order valence-electron chi connectivity index (χ4n) is 1.73. The molecule has 0 saturated carbocycles. The number of aliphatic imine (C=N–C) groups is 1. The van der Waals surface area contributed by atoms with Crippen molar-refractivity contribution in [3.05, 3.63) is 35.4 Å². The van der Waals surface area contributed by atoms with E-state index in [4.69, 9.17) is 0 Å². The molecule has 0 aliphatic carbocycles. The summed E-state index contributed by atoms with van der Waals surface area (Å²) in [6.07, 6.45) is 0. The van der Waals surface area contributed by atoms with E-state index in [1.165, 1.54) is 12.1 Å². The zero-order chi connectivity index (χ0) is 14.4. The first-order chi connectivity index (χ1) is 8.93. The summed E-state index contributed by atoms with van der Waals surface area (Å²) >= 11 is 0. The number of rotatable bonds is 4. The van der Waals surface area contributed by atoms with Crippen molar-refractivity contribution in [2.24, 2.45) is 4.99 Å². The Bertz CT molecular complexity index is 444. The van der Waals surface area contributed by atoms with Crippen molar-refractivity contribution in [1.29, 1.82) is 0 Å². The van der Waals surface area contributed by atoms with Gasteiger partial charge in [0.05, 0.1) is 0 Å². The molecule has 3 nitrogen and oxygen atoms in total. The minimum atomic E-state index is -0.557. The predicted molar refractivity (Wildman–Crippen MR) is 74.4 cm³/mol. The van der Waals surface area contributed by atoms with Crippen LogP contribution in [-0.4, -0.2) is 25.6 Å². The number of nitrogens with one attached hydrogen (secondary N) is 2. The summed E-state index contributed by atoms with van der Waals surface area (Å²) in [5, 5.41) is 6.26. The van der Waals surface area contributed by atoms with E-state index in [-0.39, 0.29) is 12.0 Å². The number of hydrogen-bond donors (Lipinski definition) is 2. The lowest BCUT2D eigenvalue weighted by molar-refractivity contribution is 0.555. The molecule has 0 aromatic heterocycles. The van der Waals surface area contributed by atoms with E-state index in [0.717, 1.165) is 6.07 Å². The van der Waals surface area contributed by atoms with Gasteiger partial charge in [-0.05, 0) is 25.5 Å². The maximum atomic E-state index is 13.6. The number of halogens is 2. The highest BCUT2D eigenvalue weighted by molar-refractivity contribution is 5.79. The summed E-state index contributed by atoms with van der Waals surface area (Å²) < 4.78 is 26.4. The molecule has 0 amide bonds. The summed E-state index contributed by atoms with van der Waals surface area (Å²) in [4.78, 5) is 4.07. The van der Waals surface area contributed by atoms with Gasteiger partial charge < -0.3 is 10.6 Å². The second-order valence-electron chi connectivity index (χ2n) is 4.82. The highest BCUT2D eigenvalue weighted by atomic mass is 19.1. The Morgan fingerprint density at radius 1 is 1.26 bits per heavy atom. The van der Waals surface area contributed by atoms with Crippen LogP contribution in [0.5, 0.6) is 0 Å². The number of guanidine groups is 1. The van der Waals surface area contributed by atoms with Crippen LogP contribution in [0.2, 0.25) is 0 Å². The van der Waals surface area contributed by atoms with Crippen LogP contribution in [0.1, 0.15) is 32.3 Å². The van der Waals surface area contributed by atoms with Crippen LogP contribution in [0.25, 0.3) is 0 Å². The molecule has 0 saturated heterocycles. The molecule has 0 aliphatic rings. The third-order valence-corrected chi connectivity index (χ3v) is 2.72. The van der Waals surface area contributed by atoms with Crippen molar-refractivity contribution in [3.8, 4) is 0 Å². The molecule has 0 bridgehead atoms. The van der Waals surface area contributed by atoms with Gasteiger partial charge in [0.25, 0.3) is 0 Å². The first-order valence-corrected chi connectivity index (χ1v) is 6.36. The average Bonchev–Trinajstić information content (AvgIpc) is 2.33. The fourth-order valence-corrected chi connectivity index (χ4v) is 1.73. The second kappa shape index (κ2) is 7.07. The molecule has 19 heavy (non-hydrogen) atoms. The van der Waals surface area contributed by atoms with Crippen LogP contribution < -0.4 is 10.6 Å². The van der Waals surface area contributed by atoms with Crippen LogP contribution in [0.3, 0.4) is 0 Å². The van der Waals surface area contributed by atoms with Gasteiger partial charge in [0.15, 0.2) is 5.96 Å². The molecule has 1 unspecified atom stereocenters. The van der Waals surface area contributed by atoms with E-state index in [2.05, 4.69) is 15.6 Å². The Morgan fingerprint density at radius 3 is 2.47 bits per heavy atom. The molecule has 5 heteroatoms. The monoisotopic (exact) mass is 269 g/mol. The molecule has 1 atom stereocenters. The molecule has 106 valence electrons. The van der Waals surface area contributed by atoms with E-state index in [1.54, 1.807) is 7.05 Å². The molecule has 0 radical (unpaired) electrons. The van der Waals surface area contributed by atoms with E-state index >= 15 is 0 Å². The number of hydrogen-bond acceptors (Lipinski definition) is 1. The van der Waals surface area contributed by atoms with Crippen molar-refractivity contribution >= 4 is 5.96 Å². The predicted octanol–water partition coefficient (Wildman–Crippen LogP) is 2.64. The number of nitrogens with zero attached hydrogens (tertiary/aromatic N) is 1. The van der Waals surface area contributed by atoms with Crippen LogP contribution in [0.15, 0.2) is 23.2 Å². The van der Waals surface area contributed by atoms with Crippen molar-refractivity contribution in [2.75, 3.05) is 13.6 Å². The molecular formula is C14H21F2N3. The van der Waals surface area contributed by atoms with Crippen molar-refractivity contribution < 1.29 is 8.78 Å². The molecule has 0 aliphatic heterocycles. The summed E-state index contributed by atoms with van der Waals surface area (Å²) in [5.41, 5.74) is 0.494. The Hall–Kier alpha value is -1.65. The lowest BCUT2D eigenvalue weighted by Gasteiger charge is -2.18. The van der Waals surface area contributed by atoms with Gasteiger partial charge in [-0.3, -0.25) is 4.99 Å². The quantitative estimate of drug-likeness (QED) is 0.651. The third kappa shape index (κ3) is 4.85. The van der Waals surface area contributed by atoms with Gasteiger partial charge in [-0.1, -0.05) is 13.0 Å². The maximum Gasteiger partial charge on any atom is 0.191 e. The van der Waals surface area contributed by atoms with Crippen molar-refractivity contribution in [2.45, 2.75) is 32.7 Å². The van der Waals surface area contributed by atoms with Gasteiger partial charge in [0.2, 0.25) is 0 Å². The Labute approximate surface area is 113 Å². The standard InChI is InChI=1S/C14H21F2N3/c1-9(2)19-14(17-4)18-8-10(3)12-6-5-11(15)7-13(12)16/h5-7,9-10H,8H2,1-4H3,(H2,17,18,19). The van der Waals surface area contributed by atoms with Crippen molar-refractivity contribution in [3.63, 3.8) is 0 Å². The van der Waals surface area contributed by atoms with Gasteiger partial charge in [0, 0.05) is 31.6 Å². The number of benzene rings is 1. The zero-order valence-electron chi connectivity index (χ0n) is 11.8.